The molecule has 0 bridgehead atoms. The zero-order valence-electron chi connectivity index (χ0n) is 18.2. The molecule has 0 saturated heterocycles. The molecule has 0 fully saturated rings. The minimum atomic E-state index is -0.682. The third-order valence-corrected chi connectivity index (χ3v) is 5.54. The Morgan fingerprint density at radius 1 is 1.16 bits per heavy atom. The van der Waals surface area contributed by atoms with Crippen molar-refractivity contribution in [3.63, 3.8) is 0 Å². The van der Waals surface area contributed by atoms with Crippen LogP contribution in [-0.4, -0.2) is 35.0 Å². The number of nitro benzene ring substituents is 1. The summed E-state index contributed by atoms with van der Waals surface area (Å²) in [4.78, 5) is 38.9. The third-order valence-electron chi connectivity index (χ3n) is 5.54. The molecule has 1 aliphatic heterocycles. The molecule has 0 aliphatic carbocycles. The topological polar surface area (TPSA) is 103 Å². The third kappa shape index (κ3) is 3.89. The maximum atomic E-state index is 13.5. The highest BCUT2D eigenvalue weighted by molar-refractivity contribution is 5.99. The van der Waals surface area contributed by atoms with E-state index >= 15 is 0 Å². The average molecular weight is 436 g/mol. The van der Waals surface area contributed by atoms with E-state index in [-0.39, 0.29) is 34.5 Å². The first-order chi connectivity index (χ1) is 15.3. The molecule has 3 aromatic rings. The predicted octanol–water partition coefficient (Wildman–Crippen LogP) is 4.37. The summed E-state index contributed by atoms with van der Waals surface area (Å²) in [7, 11) is 0. The lowest BCUT2D eigenvalue weighted by atomic mass is 9.98. The van der Waals surface area contributed by atoms with Crippen molar-refractivity contribution in [3.8, 4) is 0 Å². The van der Waals surface area contributed by atoms with Crippen LogP contribution in [0.2, 0.25) is 0 Å². The molecule has 0 N–H and O–H groups in total. The average Bonchev–Trinajstić information content (AvgIpc) is 3.04. The van der Waals surface area contributed by atoms with E-state index in [0.717, 1.165) is 5.56 Å². The van der Waals surface area contributed by atoms with Crippen molar-refractivity contribution in [2.75, 3.05) is 13.2 Å². The highest BCUT2D eigenvalue weighted by atomic mass is 16.6. The van der Waals surface area contributed by atoms with Gasteiger partial charge in [0.05, 0.1) is 28.0 Å². The van der Waals surface area contributed by atoms with E-state index in [0.29, 0.717) is 36.1 Å². The van der Waals surface area contributed by atoms with Crippen molar-refractivity contribution in [1.29, 1.82) is 0 Å². The van der Waals surface area contributed by atoms with Crippen LogP contribution in [0.15, 0.2) is 51.7 Å². The maximum absolute atomic E-state index is 13.5. The summed E-state index contributed by atoms with van der Waals surface area (Å²) in [6.45, 7) is 6.57. The lowest BCUT2D eigenvalue weighted by Crippen LogP contribution is -2.31. The van der Waals surface area contributed by atoms with Gasteiger partial charge in [0.25, 0.3) is 11.6 Å². The predicted molar refractivity (Wildman–Crippen MR) is 119 cm³/mol. The van der Waals surface area contributed by atoms with Gasteiger partial charge in [-0.2, -0.15) is 0 Å². The number of carbonyl (C=O) groups is 1. The molecule has 0 unspecified atom stereocenters. The van der Waals surface area contributed by atoms with E-state index in [4.69, 9.17) is 9.15 Å². The van der Waals surface area contributed by atoms with Gasteiger partial charge in [-0.1, -0.05) is 11.6 Å². The number of carbonyl (C=O) groups excluding carboxylic acids is 1. The first-order valence-electron chi connectivity index (χ1n) is 10.5. The fourth-order valence-corrected chi connectivity index (χ4v) is 4.04. The van der Waals surface area contributed by atoms with Crippen LogP contribution in [0, 0.1) is 17.0 Å². The molecular formula is C24H24N2O6. The molecule has 0 radical (unpaired) electrons. The highest BCUT2D eigenvalue weighted by Crippen LogP contribution is 2.38. The van der Waals surface area contributed by atoms with Crippen molar-refractivity contribution in [2.45, 2.75) is 39.3 Å². The van der Waals surface area contributed by atoms with Crippen LogP contribution < -0.4 is 5.43 Å². The van der Waals surface area contributed by atoms with Crippen LogP contribution in [0.5, 0.6) is 0 Å². The smallest absolute Gasteiger partial charge is 0.290 e. The summed E-state index contributed by atoms with van der Waals surface area (Å²) in [5.74, 6) is -0.341. The zero-order chi connectivity index (χ0) is 23.0. The first kappa shape index (κ1) is 21.7. The Morgan fingerprint density at radius 3 is 2.53 bits per heavy atom. The second-order valence-corrected chi connectivity index (χ2v) is 8.20. The van der Waals surface area contributed by atoms with Crippen LogP contribution >= 0.6 is 0 Å². The molecule has 2 heterocycles. The summed E-state index contributed by atoms with van der Waals surface area (Å²) < 4.78 is 11.5. The molecule has 2 aromatic carbocycles. The SMILES string of the molecule is Cc1ccc2oc3c(c(=O)c2c1)[C@H](c1ccc([N+](=O)[O-])cc1)N(CCCOC(C)C)C3=O. The molecule has 0 spiro atoms. The summed E-state index contributed by atoms with van der Waals surface area (Å²) in [5, 5.41) is 11.5. The largest absolute Gasteiger partial charge is 0.450 e. The van der Waals surface area contributed by atoms with E-state index in [1.54, 1.807) is 29.2 Å². The Bertz CT molecular complexity index is 1250. The molecule has 1 aliphatic rings. The lowest BCUT2D eigenvalue weighted by Gasteiger charge is -2.25. The summed E-state index contributed by atoms with van der Waals surface area (Å²) in [5.41, 5.74) is 1.83. The van der Waals surface area contributed by atoms with Gasteiger partial charge in [0.1, 0.15) is 5.58 Å². The molecule has 32 heavy (non-hydrogen) atoms. The van der Waals surface area contributed by atoms with Gasteiger partial charge in [-0.15, -0.1) is 0 Å². The van der Waals surface area contributed by atoms with E-state index in [1.807, 2.05) is 26.8 Å². The van der Waals surface area contributed by atoms with Gasteiger partial charge in [0, 0.05) is 25.3 Å². The molecule has 1 aromatic heterocycles. The van der Waals surface area contributed by atoms with Crippen LogP contribution in [0.1, 0.15) is 53.6 Å². The van der Waals surface area contributed by atoms with Gasteiger partial charge in [-0.3, -0.25) is 19.7 Å². The molecule has 1 atom stereocenters. The number of ether oxygens (including phenoxy) is 1. The molecular weight excluding hydrogens is 412 g/mol. The maximum Gasteiger partial charge on any atom is 0.290 e. The number of hydrogen-bond donors (Lipinski definition) is 0. The first-order valence-corrected chi connectivity index (χ1v) is 10.5. The van der Waals surface area contributed by atoms with Crippen molar-refractivity contribution < 1.29 is 18.9 Å². The van der Waals surface area contributed by atoms with E-state index in [1.165, 1.54) is 12.1 Å². The summed E-state index contributed by atoms with van der Waals surface area (Å²) >= 11 is 0. The van der Waals surface area contributed by atoms with Gasteiger partial charge in [-0.05, 0) is 57.0 Å². The molecule has 166 valence electrons. The zero-order valence-corrected chi connectivity index (χ0v) is 18.2. The Balaban J connectivity index is 1.81. The normalized spacial score (nSPS) is 15.6. The monoisotopic (exact) mass is 436 g/mol. The van der Waals surface area contributed by atoms with Crippen molar-refractivity contribution in [1.82, 2.24) is 4.90 Å². The number of aryl methyl sites for hydroxylation is 1. The molecule has 8 nitrogen and oxygen atoms in total. The summed E-state index contributed by atoms with van der Waals surface area (Å²) in [6, 6.07) is 10.5. The van der Waals surface area contributed by atoms with Gasteiger partial charge in [0.2, 0.25) is 5.76 Å². The standard InChI is InChI=1S/C24H24N2O6/c1-14(2)31-12-4-11-25-21(16-6-8-17(9-7-16)26(29)30)20-22(27)18-13-15(3)5-10-19(18)32-23(20)24(25)28/h5-10,13-14,21H,4,11-12H2,1-3H3/t21-/m0/s1. The number of benzene rings is 2. The van der Waals surface area contributed by atoms with Crippen LogP contribution in [0.4, 0.5) is 5.69 Å². The van der Waals surface area contributed by atoms with Crippen molar-refractivity contribution in [2.24, 2.45) is 0 Å². The van der Waals surface area contributed by atoms with Gasteiger partial charge in [0.15, 0.2) is 5.43 Å². The van der Waals surface area contributed by atoms with Gasteiger partial charge >= 0.3 is 0 Å². The Labute approximate surface area is 184 Å². The fourth-order valence-electron chi connectivity index (χ4n) is 4.04. The van der Waals surface area contributed by atoms with Crippen LogP contribution in [0.3, 0.4) is 0 Å². The number of nitrogens with zero attached hydrogens (tertiary/aromatic N) is 2. The molecule has 0 saturated carbocycles. The van der Waals surface area contributed by atoms with Gasteiger partial charge < -0.3 is 14.1 Å². The minimum absolute atomic E-state index is 0.0273. The second-order valence-electron chi connectivity index (χ2n) is 8.20. The minimum Gasteiger partial charge on any atom is -0.450 e. The quantitative estimate of drug-likeness (QED) is 0.310. The Hall–Kier alpha value is -3.52. The lowest BCUT2D eigenvalue weighted by molar-refractivity contribution is -0.384. The van der Waals surface area contributed by atoms with E-state index in [2.05, 4.69) is 0 Å². The van der Waals surface area contributed by atoms with Gasteiger partial charge in [-0.25, -0.2) is 0 Å². The molecule has 4 rings (SSSR count). The number of fused-ring (bicyclic) bond motifs is 2. The number of nitro groups is 1. The number of amides is 1. The number of rotatable bonds is 7. The fraction of sp³-hybridized carbons (Fsp3) is 0.333. The van der Waals surface area contributed by atoms with E-state index in [9.17, 15) is 19.7 Å². The van der Waals surface area contributed by atoms with Crippen molar-refractivity contribution >= 4 is 22.6 Å². The summed E-state index contributed by atoms with van der Waals surface area (Å²) in [6.07, 6.45) is 0.650. The molecule has 1 amide bonds. The Morgan fingerprint density at radius 2 is 1.88 bits per heavy atom. The Kier molecular flexibility index (Phi) is 5.80. The highest BCUT2D eigenvalue weighted by Gasteiger charge is 2.42. The van der Waals surface area contributed by atoms with Crippen LogP contribution in [-0.2, 0) is 4.74 Å². The number of non-ortho nitro benzene ring substituents is 1. The number of hydrogen-bond acceptors (Lipinski definition) is 6. The molecule has 8 heteroatoms. The van der Waals surface area contributed by atoms with Crippen molar-refractivity contribution in [3.05, 3.63) is 85.3 Å². The second kappa shape index (κ2) is 8.55. The van der Waals surface area contributed by atoms with E-state index < -0.39 is 11.0 Å². The van der Waals surface area contributed by atoms with Crippen LogP contribution in [0.25, 0.3) is 11.0 Å².